The Morgan fingerprint density at radius 3 is 2.67 bits per heavy atom. The zero-order chi connectivity index (χ0) is 9.14. The van der Waals surface area contributed by atoms with Crippen molar-refractivity contribution in [3.05, 3.63) is 0 Å². The maximum absolute atomic E-state index is 4.27. The van der Waals surface area contributed by atoms with Crippen molar-refractivity contribution in [3.8, 4) is 0 Å². The molecule has 0 aromatic rings. The lowest BCUT2D eigenvalue weighted by Gasteiger charge is -2.31. The summed E-state index contributed by atoms with van der Waals surface area (Å²) in [5.41, 5.74) is 0. The van der Waals surface area contributed by atoms with Crippen molar-refractivity contribution in [2.75, 3.05) is 13.6 Å². The van der Waals surface area contributed by atoms with Gasteiger partial charge in [0, 0.05) is 13.6 Å². The molecule has 1 unspecified atom stereocenters. The van der Waals surface area contributed by atoms with Gasteiger partial charge in [0.2, 0.25) is 0 Å². The second-order valence-corrected chi connectivity index (χ2v) is 3.70. The third-order valence-electron chi connectivity index (χ3n) is 2.18. The quantitative estimate of drug-likeness (QED) is 0.638. The molecule has 1 rings (SSSR count). The largest absolute Gasteiger partial charge is 0.339 e. The highest BCUT2D eigenvalue weighted by molar-refractivity contribution is 5.57. The van der Waals surface area contributed by atoms with Crippen LogP contribution in [0.25, 0.3) is 0 Å². The van der Waals surface area contributed by atoms with Crippen LogP contribution in [0.15, 0.2) is 5.10 Å². The van der Waals surface area contributed by atoms with Crippen LogP contribution >= 0.6 is 0 Å². The van der Waals surface area contributed by atoms with Gasteiger partial charge in [-0.2, -0.15) is 5.10 Å². The van der Waals surface area contributed by atoms with Crippen LogP contribution in [0.4, 0.5) is 0 Å². The molecule has 1 aliphatic rings. The third-order valence-corrected chi connectivity index (χ3v) is 2.18. The van der Waals surface area contributed by atoms with E-state index in [2.05, 4.69) is 30.8 Å². The second-order valence-electron chi connectivity index (χ2n) is 3.70. The molecule has 0 saturated carbocycles. The van der Waals surface area contributed by atoms with Crippen LogP contribution in [-0.4, -0.2) is 36.0 Å². The van der Waals surface area contributed by atoms with Crippen molar-refractivity contribution >= 4 is 6.34 Å². The van der Waals surface area contributed by atoms with E-state index in [0.717, 1.165) is 6.54 Å². The number of hydrogen-bond donors (Lipinski definition) is 0. The van der Waals surface area contributed by atoms with Gasteiger partial charge in [-0.05, 0) is 12.3 Å². The fraction of sp³-hybridized carbons (Fsp3) is 0.889. The normalized spacial score (nSPS) is 22.9. The number of nitrogens with zero attached hydrogens (tertiary/aromatic N) is 3. The number of hydrogen-bond acceptors (Lipinski definition) is 3. The van der Waals surface area contributed by atoms with Crippen molar-refractivity contribution in [2.24, 2.45) is 11.0 Å². The molecule has 70 valence electrons. The van der Waals surface area contributed by atoms with E-state index in [1.54, 1.807) is 0 Å². The van der Waals surface area contributed by atoms with Crippen molar-refractivity contribution in [3.63, 3.8) is 0 Å². The summed E-state index contributed by atoms with van der Waals surface area (Å²) in [5, 5.41) is 6.32. The van der Waals surface area contributed by atoms with Crippen LogP contribution in [-0.2, 0) is 0 Å². The second kappa shape index (κ2) is 3.78. The molecule has 0 radical (unpaired) electrons. The minimum atomic E-state index is 0.463. The summed E-state index contributed by atoms with van der Waals surface area (Å²) >= 11 is 0. The Morgan fingerprint density at radius 2 is 2.17 bits per heavy atom. The fourth-order valence-electron chi connectivity index (χ4n) is 1.76. The van der Waals surface area contributed by atoms with Crippen LogP contribution in [0.2, 0.25) is 0 Å². The Hall–Kier alpha value is -0.730. The summed E-state index contributed by atoms with van der Waals surface area (Å²) in [6.45, 7) is 7.78. The first kappa shape index (κ1) is 9.36. The van der Waals surface area contributed by atoms with Crippen molar-refractivity contribution in [2.45, 2.75) is 33.4 Å². The van der Waals surface area contributed by atoms with E-state index in [-0.39, 0.29) is 0 Å². The first-order chi connectivity index (χ1) is 5.66. The van der Waals surface area contributed by atoms with E-state index >= 15 is 0 Å². The first-order valence-corrected chi connectivity index (χ1v) is 4.69. The lowest BCUT2D eigenvalue weighted by Crippen LogP contribution is -2.42. The summed E-state index contributed by atoms with van der Waals surface area (Å²) in [4.78, 5) is 2.31. The highest BCUT2D eigenvalue weighted by Gasteiger charge is 2.26. The lowest BCUT2D eigenvalue weighted by atomic mass is 10.1. The lowest BCUT2D eigenvalue weighted by molar-refractivity contribution is 0.114. The maximum Gasteiger partial charge on any atom is 0.121 e. The number of rotatable bonds is 3. The molecule has 0 bridgehead atoms. The molecule has 0 fully saturated rings. The van der Waals surface area contributed by atoms with Gasteiger partial charge in [-0.15, -0.1) is 0 Å². The Balaban J connectivity index is 2.56. The summed E-state index contributed by atoms with van der Waals surface area (Å²) in [6, 6.07) is 0. The summed E-state index contributed by atoms with van der Waals surface area (Å²) < 4.78 is 0. The predicted octanol–water partition coefficient (Wildman–Crippen LogP) is 1.57. The van der Waals surface area contributed by atoms with Crippen LogP contribution in [0.1, 0.15) is 27.2 Å². The monoisotopic (exact) mass is 169 g/mol. The molecule has 12 heavy (non-hydrogen) atoms. The van der Waals surface area contributed by atoms with Crippen molar-refractivity contribution in [1.29, 1.82) is 0 Å². The molecule has 0 aromatic heterocycles. The average molecular weight is 169 g/mol. The molecule has 1 atom stereocenters. The van der Waals surface area contributed by atoms with Gasteiger partial charge in [0.25, 0.3) is 0 Å². The minimum absolute atomic E-state index is 0.463. The third kappa shape index (κ3) is 1.71. The van der Waals surface area contributed by atoms with E-state index in [9.17, 15) is 0 Å². The molecule has 0 saturated heterocycles. The maximum atomic E-state index is 4.27. The van der Waals surface area contributed by atoms with Gasteiger partial charge < -0.3 is 4.90 Å². The van der Waals surface area contributed by atoms with Crippen LogP contribution in [0.3, 0.4) is 0 Å². The molecule has 3 nitrogen and oxygen atoms in total. The molecule has 1 aliphatic heterocycles. The SMILES string of the molecule is CCCN1C=NN(C)C1C(C)C. The van der Waals surface area contributed by atoms with Crippen LogP contribution in [0, 0.1) is 5.92 Å². The molecule has 0 spiro atoms. The van der Waals surface area contributed by atoms with Gasteiger partial charge >= 0.3 is 0 Å². The molecular weight excluding hydrogens is 150 g/mol. The van der Waals surface area contributed by atoms with E-state index in [4.69, 9.17) is 0 Å². The van der Waals surface area contributed by atoms with Crippen molar-refractivity contribution in [1.82, 2.24) is 9.91 Å². The highest BCUT2D eigenvalue weighted by atomic mass is 15.6. The van der Waals surface area contributed by atoms with Gasteiger partial charge in [0.1, 0.15) is 12.5 Å². The summed E-state index contributed by atoms with van der Waals surface area (Å²) in [7, 11) is 2.04. The van der Waals surface area contributed by atoms with E-state index in [1.165, 1.54) is 6.42 Å². The zero-order valence-corrected chi connectivity index (χ0v) is 8.49. The highest BCUT2D eigenvalue weighted by Crippen LogP contribution is 2.17. The molecule has 0 aliphatic carbocycles. The predicted molar refractivity (Wildman–Crippen MR) is 51.9 cm³/mol. The molecule has 0 aromatic carbocycles. The van der Waals surface area contributed by atoms with Gasteiger partial charge in [-0.25, -0.2) is 0 Å². The Labute approximate surface area is 75.0 Å². The first-order valence-electron chi connectivity index (χ1n) is 4.69. The smallest absolute Gasteiger partial charge is 0.121 e. The molecule has 0 amide bonds. The van der Waals surface area contributed by atoms with Gasteiger partial charge in [0.15, 0.2) is 0 Å². The van der Waals surface area contributed by atoms with Gasteiger partial charge in [0.05, 0.1) is 0 Å². The molecule has 0 N–H and O–H groups in total. The number of hydrazone groups is 1. The Morgan fingerprint density at radius 1 is 1.50 bits per heavy atom. The van der Waals surface area contributed by atoms with Crippen LogP contribution < -0.4 is 0 Å². The standard InChI is InChI=1S/C9H19N3/c1-5-6-12-7-10-11(4)9(12)8(2)3/h7-9H,5-6H2,1-4H3. The topological polar surface area (TPSA) is 18.8 Å². The average Bonchev–Trinajstić information content (AvgIpc) is 2.32. The van der Waals surface area contributed by atoms with E-state index in [1.807, 2.05) is 18.4 Å². The zero-order valence-electron chi connectivity index (χ0n) is 8.49. The fourth-order valence-corrected chi connectivity index (χ4v) is 1.76. The van der Waals surface area contributed by atoms with E-state index < -0.39 is 0 Å². The van der Waals surface area contributed by atoms with Crippen LogP contribution in [0.5, 0.6) is 0 Å². The Bertz CT molecular complexity index is 165. The molecule has 1 heterocycles. The van der Waals surface area contributed by atoms with Crippen molar-refractivity contribution < 1.29 is 0 Å². The summed E-state index contributed by atoms with van der Waals surface area (Å²) in [5.74, 6) is 0.629. The minimum Gasteiger partial charge on any atom is -0.339 e. The Kier molecular flexibility index (Phi) is 2.95. The van der Waals surface area contributed by atoms with E-state index in [0.29, 0.717) is 12.1 Å². The van der Waals surface area contributed by atoms with Gasteiger partial charge in [-0.1, -0.05) is 20.8 Å². The molecule has 3 heteroatoms. The summed E-state index contributed by atoms with van der Waals surface area (Å²) in [6.07, 6.45) is 3.60. The van der Waals surface area contributed by atoms with Gasteiger partial charge in [-0.3, -0.25) is 5.01 Å². The molecular formula is C9H19N3.